The number of alkyl halides is 3. The van der Waals surface area contributed by atoms with E-state index in [0.717, 1.165) is 4.90 Å². The van der Waals surface area contributed by atoms with Crippen LogP contribution in [0.2, 0.25) is 0 Å². The molecule has 0 aliphatic carbocycles. The van der Waals surface area contributed by atoms with E-state index in [-0.39, 0.29) is 25.3 Å². The molecule has 0 saturated carbocycles. The van der Waals surface area contributed by atoms with Gasteiger partial charge in [0.05, 0.1) is 25.3 Å². The van der Waals surface area contributed by atoms with Crippen LogP contribution in [0.5, 0.6) is 5.75 Å². The van der Waals surface area contributed by atoms with Gasteiger partial charge in [-0.2, -0.15) is 13.2 Å². The van der Waals surface area contributed by atoms with Crippen molar-refractivity contribution in [2.45, 2.75) is 19.2 Å². The molecule has 1 fully saturated rings. The molecule has 0 bridgehead atoms. The molecular formula is C16H20F3NO4. The number of nitrogens with zero attached hydrogens (tertiary/aromatic N) is 1. The first-order chi connectivity index (χ1) is 11.4. The zero-order chi connectivity index (χ0) is 17.6. The quantitative estimate of drug-likeness (QED) is 0.742. The van der Waals surface area contributed by atoms with Crippen molar-refractivity contribution < 1.29 is 32.2 Å². The highest BCUT2D eigenvalue weighted by molar-refractivity contribution is 5.97. The lowest BCUT2D eigenvalue weighted by atomic mass is 10.1. The van der Waals surface area contributed by atoms with Crippen molar-refractivity contribution in [3.05, 3.63) is 29.8 Å². The summed E-state index contributed by atoms with van der Waals surface area (Å²) in [4.78, 5) is 13.7. The zero-order valence-corrected chi connectivity index (χ0v) is 13.3. The Morgan fingerprint density at radius 2 is 2.08 bits per heavy atom. The van der Waals surface area contributed by atoms with Crippen molar-refractivity contribution >= 4 is 5.91 Å². The van der Waals surface area contributed by atoms with Gasteiger partial charge in [-0.25, -0.2) is 0 Å². The Balaban J connectivity index is 2.06. The summed E-state index contributed by atoms with van der Waals surface area (Å²) in [6, 6.07) is 6.49. The lowest BCUT2D eigenvalue weighted by Gasteiger charge is -2.34. The largest absolute Gasteiger partial charge is 0.490 e. The lowest BCUT2D eigenvalue weighted by molar-refractivity contribution is -0.233. The summed E-state index contributed by atoms with van der Waals surface area (Å²) in [6.07, 6.45) is -6.45. The predicted molar refractivity (Wildman–Crippen MR) is 80.1 cm³/mol. The molecule has 134 valence electrons. The molecule has 8 heteroatoms. The maximum atomic E-state index is 12.8. The van der Waals surface area contributed by atoms with Crippen LogP contribution in [0.4, 0.5) is 13.2 Å². The number of hydrogen-bond donors (Lipinski definition) is 0. The lowest BCUT2D eigenvalue weighted by Crippen LogP contribution is -2.51. The second kappa shape index (κ2) is 8.34. The summed E-state index contributed by atoms with van der Waals surface area (Å²) in [5, 5.41) is 0. The van der Waals surface area contributed by atoms with Gasteiger partial charge in [-0.05, 0) is 19.1 Å². The summed E-state index contributed by atoms with van der Waals surface area (Å²) in [6.45, 7) is 2.47. The highest BCUT2D eigenvalue weighted by atomic mass is 19.4. The topological polar surface area (TPSA) is 48.0 Å². The van der Waals surface area contributed by atoms with E-state index in [1.54, 1.807) is 18.2 Å². The normalized spacial score (nSPS) is 18.5. The molecule has 0 spiro atoms. The summed E-state index contributed by atoms with van der Waals surface area (Å²) >= 11 is 0. The standard InChI is InChI=1S/C16H20F3NO4/c1-2-22-9-10-23-13-6-4-3-5-12(13)15(21)20-7-8-24-14(11-20)16(17,18)19/h3-6,14H,2,7-11H2,1H3/t14-/m1/s1. The Morgan fingerprint density at radius 3 is 2.79 bits per heavy atom. The summed E-state index contributed by atoms with van der Waals surface area (Å²) in [5.41, 5.74) is 0.233. The molecule has 0 N–H and O–H groups in total. The first-order valence-corrected chi connectivity index (χ1v) is 7.70. The number of ether oxygens (including phenoxy) is 3. The zero-order valence-electron chi connectivity index (χ0n) is 13.3. The summed E-state index contributed by atoms with van der Waals surface area (Å²) in [5.74, 6) is -0.170. The van der Waals surface area contributed by atoms with Crippen molar-refractivity contribution in [2.24, 2.45) is 0 Å². The number of carbonyl (C=O) groups excluding carboxylic acids is 1. The molecule has 1 aliphatic rings. The van der Waals surface area contributed by atoms with Gasteiger partial charge in [0.2, 0.25) is 0 Å². The molecule has 1 atom stereocenters. The molecule has 1 amide bonds. The van der Waals surface area contributed by atoms with Crippen LogP contribution in [0.15, 0.2) is 24.3 Å². The van der Waals surface area contributed by atoms with Gasteiger partial charge < -0.3 is 19.1 Å². The van der Waals surface area contributed by atoms with E-state index in [1.807, 2.05) is 6.92 Å². The number of hydrogen-bond acceptors (Lipinski definition) is 4. The number of amides is 1. The molecule has 0 radical (unpaired) electrons. The molecular weight excluding hydrogens is 327 g/mol. The fourth-order valence-corrected chi connectivity index (χ4v) is 2.33. The molecule has 1 aromatic rings. The summed E-state index contributed by atoms with van der Waals surface area (Å²) in [7, 11) is 0. The number of carbonyl (C=O) groups is 1. The average molecular weight is 347 g/mol. The van der Waals surface area contributed by atoms with Crippen molar-refractivity contribution in [3.63, 3.8) is 0 Å². The molecule has 1 aromatic carbocycles. The van der Waals surface area contributed by atoms with Crippen LogP contribution < -0.4 is 4.74 Å². The first-order valence-electron chi connectivity index (χ1n) is 7.70. The molecule has 1 heterocycles. The Hall–Kier alpha value is -1.80. The van der Waals surface area contributed by atoms with Gasteiger partial charge >= 0.3 is 6.18 Å². The Bertz CT molecular complexity index is 550. The SMILES string of the molecule is CCOCCOc1ccccc1C(=O)N1CCO[C@@H](C(F)(F)F)C1. The maximum Gasteiger partial charge on any atom is 0.416 e. The van der Waals surface area contributed by atoms with E-state index in [0.29, 0.717) is 19.0 Å². The van der Waals surface area contributed by atoms with Crippen LogP contribution in [-0.2, 0) is 9.47 Å². The molecule has 1 saturated heterocycles. The van der Waals surface area contributed by atoms with Gasteiger partial charge in [0, 0.05) is 13.2 Å². The van der Waals surface area contributed by atoms with E-state index in [1.165, 1.54) is 6.07 Å². The monoisotopic (exact) mass is 347 g/mol. The molecule has 5 nitrogen and oxygen atoms in total. The smallest absolute Gasteiger partial charge is 0.416 e. The fraction of sp³-hybridized carbons (Fsp3) is 0.562. The number of rotatable bonds is 6. The van der Waals surface area contributed by atoms with Gasteiger partial charge in [0.25, 0.3) is 5.91 Å². The van der Waals surface area contributed by atoms with E-state index in [4.69, 9.17) is 14.2 Å². The van der Waals surface area contributed by atoms with Crippen LogP contribution in [0.3, 0.4) is 0 Å². The van der Waals surface area contributed by atoms with Gasteiger partial charge in [0.1, 0.15) is 12.4 Å². The molecule has 2 rings (SSSR count). The third kappa shape index (κ3) is 4.85. The fourth-order valence-electron chi connectivity index (χ4n) is 2.33. The molecule has 0 unspecified atom stereocenters. The Kier molecular flexibility index (Phi) is 6.44. The van der Waals surface area contributed by atoms with Gasteiger partial charge in [-0.15, -0.1) is 0 Å². The van der Waals surface area contributed by atoms with Crippen LogP contribution in [0, 0.1) is 0 Å². The van der Waals surface area contributed by atoms with Gasteiger partial charge in [0.15, 0.2) is 6.10 Å². The molecule has 24 heavy (non-hydrogen) atoms. The first kappa shape index (κ1) is 18.5. The van der Waals surface area contributed by atoms with Gasteiger partial charge in [-0.3, -0.25) is 4.79 Å². The van der Waals surface area contributed by atoms with Gasteiger partial charge in [-0.1, -0.05) is 12.1 Å². The number of morpholine rings is 1. The summed E-state index contributed by atoms with van der Waals surface area (Å²) < 4.78 is 53.8. The van der Waals surface area contributed by atoms with Crippen molar-refractivity contribution in [1.82, 2.24) is 4.90 Å². The van der Waals surface area contributed by atoms with E-state index < -0.39 is 24.7 Å². The highest BCUT2D eigenvalue weighted by Crippen LogP contribution is 2.27. The van der Waals surface area contributed by atoms with Crippen molar-refractivity contribution in [2.75, 3.05) is 39.5 Å². The van der Waals surface area contributed by atoms with Crippen molar-refractivity contribution in [3.8, 4) is 5.75 Å². The maximum absolute atomic E-state index is 12.8. The highest BCUT2D eigenvalue weighted by Gasteiger charge is 2.44. The van der Waals surface area contributed by atoms with E-state index in [2.05, 4.69) is 0 Å². The minimum absolute atomic E-state index is 0.110. The Labute approximate surface area is 138 Å². The Morgan fingerprint density at radius 1 is 1.33 bits per heavy atom. The van der Waals surface area contributed by atoms with Crippen molar-refractivity contribution in [1.29, 1.82) is 0 Å². The second-order valence-corrected chi connectivity index (χ2v) is 5.19. The second-order valence-electron chi connectivity index (χ2n) is 5.19. The number of benzene rings is 1. The average Bonchev–Trinajstić information content (AvgIpc) is 2.58. The molecule has 0 aromatic heterocycles. The third-order valence-electron chi connectivity index (χ3n) is 3.53. The number of halogens is 3. The van der Waals surface area contributed by atoms with E-state index in [9.17, 15) is 18.0 Å². The van der Waals surface area contributed by atoms with Crippen LogP contribution in [-0.4, -0.2) is 62.6 Å². The predicted octanol–water partition coefficient (Wildman–Crippen LogP) is 2.51. The molecule has 1 aliphatic heterocycles. The van der Waals surface area contributed by atoms with Crippen LogP contribution in [0.25, 0.3) is 0 Å². The number of para-hydroxylation sites is 1. The third-order valence-corrected chi connectivity index (χ3v) is 3.53. The minimum atomic E-state index is -4.49. The van der Waals surface area contributed by atoms with Crippen LogP contribution >= 0.6 is 0 Å². The van der Waals surface area contributed by atoms with Crippen LogP contribution in [0.1, 0.15) is 17.3 Å². The van der Waals surface area contributed by atoms with E-state index >= 15 is 0 Å². The minimum Gasteiger partial charge on any atom is -0.490 e.